The highest BCUT2D eigenvalue weighted by Gasteiger charge is 2.12. The van der Waals surface area contributed by atoms with E-state index in [0.29, 0.717) is 10.6 Å². The van der Waals surface area contributed by atoms with Crippen LogP contribution in [0.4, 0.5) is 5.82 Å². The first kappa shape index (κ1) is 13.1. The van der Waals surface area contributed by atoms with Gasteiger partial charge in [0.05, 0.1) is 0 Å². The zero-order valence-electron chi connectivity index (χ0n) is 8.82. The second-order valence-corrected chi connectivity index (χ2v) is 4.46. The van der Waals surface area contributed by atoms with Gasteiger partial charge in [0, 0.05) is 10.6 Å². The molecule has 1 amide bonds. The number of halogens is 3. The lowest BCUT2D eigenvalue weighted by molar-refractivity contribution is 0.102. The fourth-order valence-corrected chi connectivity index (χ4v) is 1.71. The number of rotatable bonds is 2. The van der Waals surface area contributed by atoms with Crippen LogP contribution in [0.3, 0.4) is 0 Å². The van der Waals surface area contributed by atoms with Crippen LogP contribution in [0.5, 0.6) is 0 Å². The van der Waals surface area contributed by atoms with E-state index in [1.54, 1.807) is 18.2 Å². The molecule has 92 valence electrons. The van der Waals surface area contributed by atoms with Gasteiger partial charge in [-0.15, -0.1) is 0 Å². The fourth-order valence-electron chi connectivity index (χ4n) is 1.24. The van der Waals surface area contributed by atoms with Crippen LogP contribution in [0, 0.1) is 0 Å². The third-order valence-corrected chi connectivity index (χ3v) is 3.04. The molecule has 0 saturated heterocycles. The lowest BCUT2D eigenvalue weighted by Crippen LogP contribution is -2.13. The molecule has 0 aliphatic heterocycles. The van der Waals surface area contributed by atoms with E-state index in [-0.39, 0.29) is 21.9 Å². The lowest BCUT2D eigenvalue weighted by Gasteiger charge is -2.06. The summed E-state index contributed by atoms with van der Waals surface area (Å²) >= 11 is 17.4. The van der Waals surface area contributed by atoms with Gasteiger partial charge in [-0.2, -0.15) is 0 Å². The van der Waals surface area contributed by atoms with Crippen molar-refractivity contribution in [3.63, 3.8) is 0 Å². The van der Waals surface area contributed by atoms with Gasteiger partial charge in [-0.1, -0.05) is 40.9 Å². The standard InChI is InChI=1S/C11H6Cl3N3O/c12-7-3-1-2-6(4-7)11(18)17-10-8(13)9(14)15-5-16-10/h1-5H,(H,15,16,17,18). The fraction of sp³-hybridized carbons (Fsp3) is 0. The van der Waals surface area contributed by atoms with Crippen LogP contribution < -0.4 is 5.32 Å². The number of hydrogen-bond acceptors (Lipinski definition) is 3. The van der Waals surface area contributed by atoms with E-state index in [1.165, 1.54) is 12.4 Å². The van der Waals surface area contributed by atoms with Crippen molar-refractivity contribution in [3.05, 3.63) is 51.4 Å². The number of nitrogens with one attached hydrogen (secondary N) is 1. The predicted octanol–water partition coefficient (Wildman–Crippen LogP) is 3.69. The Morgan fingerprint density at radius 1 is 1.17 bits per heavy atom. The van der Waals surface area contributed by atoms with Gasteiger partial charge in [0.25, 0.3) is 5.91 Å². The molecule has 0 aliphatic carbocycles. The summed E-state index contributed by atoms with van der Waals surface area (Å²) in [5, 5.41) is 3.17. The maximum atomic E-state index is 11.9. The van der Waals surface area contributed by atoms with E-state index in [0.717, 1.165) is 0 Å². The normalized spacial score (nSPS) is 10.2. The molecule has 1 aromatic heterocycles. The molecule has 0 radical (unpaired) electrons. The number of carbonyl (C=O) groups is 1. The van der Waals surface area contributed by atoms with Crippen LogP contribution in [0.25, 0.3) is 0 Å². The van der Waals surface area contributed by atoms with E-state index in [4.69, 9.17) is 34.8 Å². The number of anilines is 1. The van der Waals surface area contributed by atoms with E-state index < -0.39 is 0 Å². The number of amides is 1. The molecular formula is C11H6Cl3N3O. The maximum Gasteiger partial charge on any atom is 0.256 e. The van der Waals surface area contributed by atoms with Crippen LogP contribution in [-0.4, -0.2) is 15.9 Å². The molecule has 0 spiro atoms. The number of hydrogen-bond donors (Lipinski definition) is 1. The number of carbonyl (C=O) groups excluding carboxylic acids is 1. The van der Waals surface area contributed by atoms with Crippen LogP contribution in [0.15, 0.2) is 30.6 Å². The molecule has 0 fully saturated rings. The van der Waals surface area contributed by atoms with E-state index >= 15 is 0 Å². The van der Waals surface area contributed by atoms with Crippen LogP contribution in [0.1, 0.15) is 10.4 Å². The third kappa shape index (κ3) is 2.90. The zero-order valence-corrected chi connectivity index (χ0v) is 11.1. The van der Waals surface area contributed by atoms with Crippen molar-refractivity contribution in [3.8, 4) is 0 Å². The molecule has 2 rings (SSSR count). The summed E-state index contributed by atoms with van der Waals surface area (Å²) in [5.74, 6) is -0.226. The lowest BCUT2D eigenvalue weighted by atomic mass is 10.2. The molecular weight excluding hydrogens is 296 g/mol. The molecule has 1 heterocycles. The molecule has 4 nitrogen and oxygen atoms in total. The van der Waals surface area contributed by atoms with E-state index in [9.17, 15) is 4.79 Å². The molecule has 1 aromatic carbocycles. The maximum absolute atomic E-state index is 11.9. The smallest absolute Gasteiger partial charge is 0.256 e. The van der Waals surface area contributed by atoms with Crippen molar-refractivity contribution < 1.29 is 4.79 Å². The summed E-state index contributed by atoms with van der Waals surface area (Å²) in [5.41, 5.74) is 0.397. The molecule has 0 atom stereocenters. The Morgan fingerprint density at radius 3 is 2.67 bits per heavy atom. The second-order valence-electron chi connectivity index (χ2n) is 3.29. The van der Waals surface area contributed by atoms with Crippen LogP contribution in [0.2, 0.25) is 15.2 Å². The van der Waals surface area contributed by atoms with Gasteiger partial charge < -0.3 is 5.32 Å². The first-order valence-electron chi connectivity index (χ1n) is 4.81. The first-order valence-corrected chi connectivity index (χ1v) is 5.94. The summed E-state index contributed by atoms with van der Waals surface area (Å²) in [4.78, 5) is 19.4. The number of aromatic nitrogens is 2. The summed E-state index contributed by atoms with van der Waals surface area (Å²) in [6, 6.07) is 6.50. The molecule has 0 unspecified atom stereocenters. The Bertz CT molecular complexity index is 604. The van der Waals surface area contributed by atoms with Crippen molar-refractivity contribution >= 4 is 46.5 Å². The average molecular weight is 303 g/mol. The van der Waals surface area contributed by atoms with Gasteiger partial charge >= 0.3 is 0 Å². The minimum absolute atomic E-state index is 0.0769. The van der Waals surface area contributed by atoms with Crippen molar-refractivity contribution in [2.45, 2.75) is 0 Å². The molecule has 18 heavy (non-hydrogen) atoms. The highest BCUT2D eigenvalue weighted by atomic mass is 35.5. The molecule has 0 aliphatic rings. The highest BCUT2D eigenvalue weighted by molar-refractivity contribution is 6.43. The predicted molar refractivity (Wildman–Crippen MR) is 71.5 cm³/mol. The summed E-state index contributed by atoms with van der Waals surface area (Å²) in [6.07, 6.45) is 1.21. The van der Waals surface area contributed by atoms with Gasteiger partial charge in [-0.3, -0.25) is 4.79 Å². The second kappa shape index (κ2) is 5.52. The zero-order chi connectivity index (χ0) is 13.1. The molecule has 0 saturated carbocycles. The Morgan fingerprint density at radius 2 is 1.94 bits per heavy atom. The molecule has 0 bridgehead atoms. The molecule has 2 aromatic rings. The van der Waals surface area contributed by atoms with Crippen LogP contribution in [-0.2, 0) is 0 Å². The topological polar surface area (TPSA) is 54.9 Å². The third-order valence-electron chi connectivity index (χ3n) is 2.07. The molecule has 7 heteroatoms. The van der Waals surface area contributed by atoms with Crippen molar-refractivity contribution in [2.24, 2.45) is 0 Å². The van der Waals surface area contributed by atoms with Gasteiger partial charge in [0.2, 0.25) is 0 Å². The summed E-state index contributed by atoms with van der Waals surface area (Å²) < 4.78 is 0. The van der Waals surface area contributed by atoms with Gasteiger partial charge in [0.1, 0.15) is 11.3 Å². The highest BCUT2D eigenvalue weighted by Crippen LogP contribution is 2.25. The minimum atomic E-state index is -0.380. The Balaban J connectivity index is 2.24. The Hall–Kier alpha value is -1.36. The van der Waals surface area contributed by atoms with Gasteiger partial charge in [-0.25, -0.2) is 9.97 Å². The van der Waals surface area contributed by atoms with Gasteiger partial charge in [-0.05, 0) is 18.2 Å². The minimum Gasteiger partial charge on any atom is -0.305 e. The number of benzene rings is 1. The molecule has 1 N–H and O–H groups in total. The van der Waals surface area contributed by atoms with Crippen LogP contribution >= 0.6 is 34.8 Å². The van der Waals surface area contributed by atoms with E-state index in [1.807, 2.05) is 0 Å². The average Bonchev–Trinajstić information content (AvgIpc) is 2.35. The first-order chi connectivity index (χ1) is 8.58. The summed E-state index contributed by atoms with van der Waals surface area (Å²) in [7, 11) is 0. The quantitative estimate of drug-likeness (QED) is 0.861. The van der Waals surface area contributed by atoms with Crippen molar-refractivity contribution in [2.75, 3.05) is 5.32 Å². The number of nitrogens with zero attached hydrogens (tertiary/aromatic N) is 2. The SMILES string of the molecule is O=C(Nc1ncnc(Cl)c1Cl)c1cccc(Cl)c1. The Labute approximate surface area is 118 Å². The van der Waals surface area contributed by atoms with Gasteiger partial charge in [0.15, 0.2) is 11.0 Å². The van der Waals surface area contributed by atoms with Crippen molar-refractivity contribution in [1.29, 1.82) is 0 Å². The Kier molecular flexibility index (Phi) is 4.01. The van der Waals surface area contributed by atoms with E-state index in [2.05, 4.69) is 15.3 Å². The van der Waals surface area contributed by atoms with Crippen molar-refractivity contribution in [1.82, 2.24) is 9.97 Å². The largest absolute Gasteiger partial charge is 0.305 e. The monoisotopic (exact) mass is 301 g/mol. The summed E-state index contributed by atoms with van der Waals surface area (Å²) in [6.45, 7) is 0.